The van der Waals surface area contributed by atoms with Crippen molar-refractivity contribution in [3.05, 3.63) is 17.5 Å². The largest absolute Gasteiger partial charge is 0.390 e. The van der Waals surface area contributed by atoms with Gasteiger partial charge in [-0.15, -0.1) is 0 Å². The molecule has 0 aliphatic heterocycles. The normalized spacial score (nSPS) is 29.4. The molecule has 4 nitrogen and oxygen atoms in total. The van der Waals surface area contributed by atoms with Gasteiger partial charge in [0.2, 0.25) is 0 Å². The van der Waals surface area contributed by atoms with Gasteiger partial charge in [0.25, 0.3) is 0 Å². The summed E-state index contributed by atoms with van der Waals surface area (Å²) in [4.78, 5) is 0. The summed E-state index contributed by atoms with van der Waals surface area (Å²) in [6, 6.07) is 2.04. The molecule has 4 heteroatoms. The molecular weight excluding hydrogens is 240 g/mol. The highest BCUT2D eigenvalue weighted by atomic mass is 16.5. The maximum Gasteiger partial charge on any atom is 0.0942 e. The van der Waals surface area contributed by atoms with Crippen LogP contribution in [0.5, 0.6) is 0 Å². The van der Waals surface area contributed by atoms with Crippen LogP contribution in [0.15, 0.2) is 6.07 Å². The van der Waals surface area contributed by atoms with Crippen molar-refractivity contribution in [2.24, 2.45) is 13.0 Å². The standard InChI is InChI=1S/C15H26N2O2/c1-11-6-5-7-15(10-11,19-4)14(18)9-13-8-12(2)16-17(13)3/h8,11,14,18H,5-7,9-10H2,1-4H3. The van der Waals surface area contributed by atoms with E-state index < -0.39 is 6.10 Å². The second-order valence-electron chi connectivity index (χ2n) is 6.09. The minimum Gasteiger partial charge on any atom is -0.390 e. The lowest BCUT2D eigenvalue weighted by atomic mass is 9.74. The van der Waals surface area contributed by atoms with Crippen LogP contribution >= 0.6 is 0 Å². The summed E-state index contributed by atoms with van der Waals surface area (Å²) in [6.07, 6.45) is 4.42. The zero-order valence-electron chi connectivity index (χ0n) is 12.5. The highest BCUT2D eigenvalue weighted by Crippen LogP contribution is 2.38. The van der Waals surface area contributed by atoms with Crippen molar-refractivity contribution in [2.45, 2.75) is 57.7 Å². The van der Waals surface area contributed by atoms with Gasteiger partial charge in [-0.05, 0) is 31.7 Å². The predicted molar refractivity (Wildman–Crippen MR) is 75.0 cm³/mol. The molecule has 1 aromatic heterocycles. The Morgan fingerprint density at radius 1 is 1.63 bits per heavy atom. The zero-order chi connectivity index (χ0) is 14.0. The molecule has 2 rings (SSSR count). The molecule has 0 amide bonds. The molecule has 1 aliphatic carbocycles. The number of aryl methyl sites for hydroxylation is 2. The van der Waals surface area contributed by atoms with Crippen molar-refractivity contribution in [1.82, 2.24) is 9.78 Å². The molecule has 0 aromatic carbocycles. The maximum atomic E-state index is 10.7. The summed E-state index contributed by atoms with van der Waals surface area (Å²) in [5.74, 6) is 0.622. The summed E-state index contributed by atoms with van der Waals surface area (Å²) < 4.78 is 7.61. The highest BCUT2D eigenvalue weighted by molar-refractivity contribution is 5.11. The molecule has 1 aliphatic rings. The van der Waals surface area contributed by atoms with Gasteiger partial charge < -0.3 is 9.84 Å². The van der Waals surface area contributed by atoms with E-state index in [4.69, 9.17) is 4.74 Å². The third-order valence-electron chi connectivity index (χ3n) is 4.51. The third-order valence-corrected chi connectivity index (χ3v) is 4.51. The van der Waals surface area contributed by atoms with E-state index in [1.54, 1.807) is 7.11 Å². The van der Waals surface area contributed by atoms with Crippen LogP contribution in [0, 0.1) is 12.8 Å². The number of rotatable bonds is 4. The lowest BCUT2D eigenvalue weighted by molar-refractivity contribution is -0.131. The van der Waals surface area contributed by atoms with E-state index in [1.807, 2.05) is 24.7 Å². The monoisotopic (exact) mass is 266 g/mol. The van der Waals surface area contributed by atoms with Crippen LogP contribution in [0.4, 0.5) is 0 Å². The van der Waals surface area contributed by atoms with Gasteiger partial charge in [-0.2, -0.15) is 5.10 Å². The SMILES string of the molecule is COC1(C(O)Cc2cc(C)nn2C)CCCC(C)C1. The zero-order valence-corrected chi connectivity index (χ0v) is 12.5. The van der Waals surface area contributed by atoms with Crippen LogP contribution in [-0.4, -0.2) is 33.7 Å². The van der Waals surface area contributed by atoms with Crippen LogP contribution < -0.4 is 0 Å². The first-order valence-electron chi connectivity index (χ1n) is 7.19. The van der Waals surface area contributed by atoms with E-state index in [0.717, 1.165) is 30.7 Å². The molecule has 3 unspecified atom stereocenters. The highest BCUT2D eigenvalue weighted by Gasteiger charge is 2.41. The fourth-order valence-corrected chi connectivity index (χ4v) is 3.41. The molecular formula is C15H26N2O2. The summed E-state index contributed by atoms with van der Waals surface area (Å²) in [5, 5.41) is 15.0. The summed E-state index contributed by atoms with van der Waals surface area (Å²) >= 11 is 0. The first kappa shape index (κ1) is 14.5. The lowest BCUT2D eigenvalue weighted by Gasteiger charge is -2.42. The van der Waals surface area contributed by atoms with Crippen molar-refractivity contribution in [3.63, 3.8) is 0 Å². The number of methoxy groups -OCH3 is 1. The van der Waals surface area contributed by atoms with Crippen LogP contribution in [0.2, 0.25) is 0 Å². The van der Waals surface area contributed by atoms with E-state index in [1.165, 1.54) is 6.42 Å². The third kappa shape index (κ3) is 3.00. The van der Waals surface area contributed by atoms with Crippen molar-refractivity contribution >= 4 is 0 Å². The molecule has 0 saturated heterocycles. The van der Waals surface area contributed by atoms with E-state index in [9.17, 15) is 5.11 Å². The maximum absolute atomic E-state index is 10.7. The summed E-state index contributed by atoms with van der Waals surface area (Å²) in [7, 11) is 3.66. The van der Waals surface area contributed by atoms with Gasteiger partial charge >= 0.3 is 0 Å². The molecule has 108 valence electrons. The molecule has 19 heavy (non-hydrogen) atoms. The molecule has 1 fully saturated rings. The topological polar surface area (TPSA) is 47.3 Å². The predicted octanol–water partition coefficient (Wildman–Crippen LogP) is 2.23. The van der Waals surface area contributed by atoms with Gasteiger partial charge in [-0.25, -0.2) is 0 Å². The van der Waals surface area contributed by atoms with Crippen LogP contribution in [0.1, 0.15) is 44.0 Å². The van der Waals surface area contributed by atoms with Gasteiger partial charge in [-0.3, -0.25) is 4.68 Å². The Balaban J connectivity index is 2.12. The Bertz CT molecular complexity index is 430. The van der Waals surface area contributed by atoms with E-state index in [0.29, 0.717) is 12.3 Å². The number of aliphatic hydroxyl groups is 1. The minimum atomic E-state index is -0.463. The average molecular weight is 266 g/mol. The summed E-state index contributed by atoms with van der Waals surface area (Å²) in [5.41, 5.74) is 1.68. The van der Waals surface area contributed by atoms with Gasteiger partial charge in [0, 0.05) is 26.3 Å². The van der Waals surface area contributed by atoms with Crippen LogP contribution in [0.25, 0.3) is 0 Å². The molecule has 0 spiro atoms. The molecule has 0 bridgehead atoms. The van der Waals surface area contributed by atoms with Crippen LogP contribution in [0.3, 0.4) is 0 Å². The Morgan fingerprint density at radius 2 is 2.37 bits per heavy atom. The van der Waals surface area contributed by atoms with Crippen molar-refractivity contribution in [3.8, 4) is 0 Å². The number of aliphatic hydroxyl groups excluding tert-OH is 1. The second kappa shape index (κ2) is 5.63. The number of hydrogen-bond donors (Lipinski definition) is 1. The van der Waals surface area contributed by atoms with E-state index >= 15 is 0 Å². The van der Waals surface area contributed by atoms with Crippen LogP contribution in [-0.2, 0) is 18.2 Å². The number of ether oxygens (including phenoxy) is 1. The first-order chi connectivity index (χ1) is 8.97. The van der Waals surface area contributed by atoms with Gasteiger partial charge in [0.15, 0.2) is 0 Å². The van der Waals surface area contributed by atoms with E-state index in [-0.39, 0.29) is 5.60 Å². The Hall–Kier alpha value is -0.870. The van der Waals surface area contributed by atoms with E-state index in [2.05, 4.69) is 12.0 Å². The minimum absolute atomic E-state index is 0.379. The number of nitrogens with zero attached hydrogens (tertiary/aromatic N) is 2. The van der Waals surface area contributed by atoms with Crippen molar-refractivity contribution in [2.75, 3.05) is 7.11 Å². The average Bonchev–Trinajstić information content (AvgIpc) is 2.67. The molecule has 1 heterocycles. The quantitative estimate of drug-likeness (QED) is 0.909. The van der Waals surface area contributed by atoms with Crippen molar-refractivity contribution < 1.29 is 9.84 Å². The molecule has 1 aromatic rings. The lowest BCUT2D eigenvalue weighted by Crippen LogP contribution is -2.48. The smallest absolute Gasteiger partial charge is 0.0942 e. The second-order valence-corrected chi connectivity index (χ2v) is 6.09. The molecule has 3 atom stereocenters. The Morgan fingerprint density at radius 3 is 2.89 bits per heavy atom. The number of aromatic nitrogens is 2. The fourth-order valence-electron chi connectivity index (χ4n) is 3.41. The summed E-state index contributed by atoms with van der Waals surface area (Å²) in [6.45, 7) is 4.22. The van der Waals surface area contributed by atoms with Gasteiger partial charge in [0.05, 0.1) is 17.4 Å². The fraction of sp³-hybridized carbons (Fsp3) is 0.800. The number of hydrogen-bond acceptors (Lipinski definition) is 3. The molecule has 1 N–H and O–H groups in total. The molecule has 0 radical (unpaired) electrons. The molecule has 1 saturated carbocycles. The van der Waals surface area contributed by atoms with Gasteiger partial charge in [0.1, 0.15) is 0 Å². The Kier molecular flexibility index (Phi) is 4.31. The first-order valence-corrected chi connectivity index (χ1v) is 7.19. The van der Waals surface area contributed by atoms with Crippen molar-refractivity contribution in [1.29, 1.82) is 0 Å². The van der Waals surface area contributed by atoms with Gasteiger partial charge in [-0.1, -0.05) is 19.8 Å². The Labute approximate surface area is 115 Å².